The van der Waals surface area contributed by atoms with Crippen LogP contribution in [0.5, 0.6) is 0 Å². The number of halogens is 1. The minimum Gasteiger partial charge on any atom is -0.440 e. The molecule has 1 N–H and O–H groups in total. The molecule has 0 radical (unpaired) electrons. The van der Waals surface area contributed by atoms with E-state index in [0.29, 0.717) is 5.02 Å². The summed E-state index contributed by atoms with van der Waals surface area (Å²) < 4.78 is 7.75. The summed E-state index contributed by atoms with van der Waals surface area (Å²) >= 11 is 6.04. The maximum absolute atomic E-state index is 12.7. The second-order valence-corrected chi connectivity index (χ2v) is 8.33. The molecule has 1 atom stereocenters. The molecule has 1 fully saturated rings. The summed E-state index contributed by atoms with van der Waals surface area (Å²) in [6, 6.07) is 7.31. The minimum absolute atomic E-state index is 0.0117. The van der Waals surface area contributed by atoms with Crippen molar-refractivity contribution in [2.45, 2.75) is 51.6 Å². The highest BCUT2D eigenvalue weighted by Crippen LogP contribution is 2.31. The van der Waals surface area contributed by atoms with E-state index < -0.39 is 0 Å². The van der Waals surface area contributed by atoms with Crippen molar-refractivity contribution in [3.8, 4) is 0 Å². The number of piperidine rings is 1. The third-order valence-electron chi connectivity index (χ3n) is 5.58. The zero-order valence-corrected chi connectivity index (χ0v) is 17.7. The molecule has 4 rings (SSSR count). The van der Waals surface area contributed by atoms with Gasteiger partial charge in [-0.05, 0) is 64.9 Å². The predicted octanol–water partition coefficient (Wildman–Crippen LogP) is 4.47. The van der Waals surface area contributed by atoms with Gasteiger partial charge in [0, 0.05) is 23.0 Å². The lowest BCUT2D eigenvalue weighted by Gasteiger charge is -2.34. The van der Waals surface area contributed by atoms with Gasteiger partial charge in [-0.15, -0.1) is 0 Å². The van der Waals surface area contributed by atoms with Crippen LogP contribution in [0.3, 0.4) is 0 Å². The molecule has 1 aromatic carbocycles. The Hall–Kier alpha value is -2.38. The van der Waals surface area contributed by atoms with Gasteiger partial charge >= 0.3 is 0 Å². The van der Waals surface area contributed by atoms with E-state index >= 15 is 0 Å². The van der Waals surface area contributed by atoms with Gasteiger partial charge < -0.3 is 9.73 Å². The first-order chi connectivity index (χ1) is 13.9. The Morgan fingerprint density at radius 2 is 2.00 bits per heavy atom. The molecule has 3 heterocycles. The first kappa shape index (κ1) is 19.9. The monoisotopic (exact) mass is 415 g/mol. The highest BCUT2D eigenvalue weighted by Gasteiger charge is 2.30. The zero-order chi connectivity index (χ0) is 20.5. The third-order valence-corrected chi connectivity index (χ3v) is 5.82. The number of likely N-dealkylation sites (tertiary alicyclic amines) is 1. The Morgan fingerprint density at radius 3 is 2.72 bits per heavy atom. The SMILES string of the molecule is CC(C(=O)Nc1ccnn1C(C)C)N1CCC(c2nc3cc(Cl)ccc3o2)CC1. The number of anilines is 1. The predicted molar refractivity (Wildman–Crippen MR) is 113 cm³/mol. The van der Waals surface area contributed by atoms with Gasteiger partial charge in [0.15, 0.2) is 11.5 Å². The Bertz CT molecular complexity index is 1000. The van der Waals surface area contributed by atoms with Crippen molar-refractivity contribution in [1.29, 1.82) is 0 Å². The average Bonchev–Trinajstić information content (AvgIpc) is 3.34. The summed E-state index contributed by atoms with van der Waals surface area (Å²) in [5, 5.41) is 7.94. The number of amides is 1. The fourth-order valence-corrected chi connectivity index (χ4v) is 4.01. The van der Waals surface area contributed by atoms with Crippen LogP contribution in [-0.2, 0) is 4.79 Å². The molecule has 7 nitrogen and oxygen atoms in total. The number of carbonyl (C=O) groups excluding carboxylic acids is 1. The molecule has 0 spiro atoms. The van der Waals surface area contributed by atoms with Crippen LogP contribution in [0.25, 0.3) is 11.1 Å². The lowest BCUT2D eigenvalue weighted by molar-refractivity contribution is -0.121. The molecule has 154 valence electrons. The van der Waals surface area contributed by atoms with Crippen LogP contribution >= 0.6 is 11.6 Å². The van der Waals surface area contributed by atoms with Gasteiger partial charge in [-0.1, -0.05) is 11.6 Å². The van der Waals surface area contributed by atoms with E-state index in [-0.39, 0.29) is 23.9 Å². The van der Waals surface area contributed by atoms with Crippen molar-refractivity contribution in [3.63, 3.8) is 0 Å². The summed E-state index contributed by atoms with van der Waals surface area (Å²) in [4.78, 5) is 19.6. The summed E-state index contributed by atoms with van der Waals surface area (Å²) in [6.07, 6.45) is 3.52. The maximum atomic E-state index is 12.7. The second-order valence-electron chi connectivity index (χ2n) is 7.89. The number of rotatable bonds is 5. The van der Waals surface area contributed by atoms with Crippen molar-refractivity contribution in [3.05, 3.63) is 41.4 Å². The highest BCUT2D eigenvalue weighted by atomic mass is 35.5. The van der Waals surface area contributed by atoms with Crippen molar-refractivity contribution in [2.75, 3.05) is 18.4 Å². The van der Waals surface area contributed by atoms with Crippen LogP contribution in [0.2, 0.25) is 5.02 Å². The molecule has 29 heavy (non-hydrogen) atoms. The molecule has 1 unspecified atom stereocenters. The molecule has 1 aliphatic rings. The smallest absolute Gasteiger partial charge is 0.242 e. The van der Waals surface area contributed by atoms with Crippen molar-refractivity contribution in [1.82, 2.24) is 19.7 Å². The molecule has 8 heteroatoms. The number of benzene rings is 1. The molecule has 3 aromatic rings. The first-order valence-corrected chi connectivity index (χ1v) is 10.4. The van der Waals surface area contributed by atoms with Crippen molar-refractivity contribution in [2.24, 2.45) is 0 Å². The van der Waals surface area contributed by atoms with Gasteiger partial charge in [0.1, 0.15) is 11.3 Å². The standard InChI is InChI=1S/C21H26ClN5O2/c1-13(2)27-19(6-9-23-27)25-20(28)14(3)26-10-7-15(8-11-26)21-24-17-12-16(22)4-5-18(17)29-21/h4-6,9,12-15H,7-8,10-11H2,1-3H3,(H,25,28). The van der Waals surface area contributed by atoms with Crippen molar-refractivity contribution < 1.29 is 9.21 Å². The number of carbonyl (C=O) groups is 1. The zero-order valence-electron chi connectivity index (χ0n) is 16.9. The normalized spacial score (nSPS) is 17.1. The summed E-state index contributed by atoms with van der Waals surface area (Å²) in [5.74, 6) is 1.74. The van der Waals surface area contributed by atoms with E-state index in [2.05, 4.69) is 20.3 Å². The molecule has 2 aromatic heterocycles. The number of oxazole rings is 1. The van der Waals surface area contributed by atoms with Gasteiger partial charge in [0.2, 0.25) is 5.91 Å². The van der Waals surface area contributed by atoms with Crippen LogP contribution in [0.15, 0.2) is 34.9 Å². The third kappa shape index (κ3) is 4.16. The van der Waals surface area contributed by atoms with Gasteiger partial charge in [-0.2, -0.15) is 5.10 Å². The Kier molecular flexibility index (Phi) is 5.61. The average molecular weight is 416 g/mol. The van der Waals surface area contributed by atoms with Crippen LogP contribution < -0.4 is 5.32 Å². The molecule has 0 aliphatic carbocycles. The topological polar surface area (TPSA) is 76.2 Å². The second kappa shape index (κ2) is 8.16. The number of nitrogens with one attached hydrogen (secondary N) is 1. The Morgan fingerprint density at radius 1 is 1.24 bits per heavy atom. The number of fused-ring (bicyclic) bond motifs is 1. The Balaban J connectivity index is 1.36. The van der Waals surface area contributed by atoms with E-state index in [1.54, 1.807) is 6.20 Å². The van der Waals surface area contributed by atoms with Crippen LogP contribution in [0, 0.1) is 0 Å². The molecule has 0 bridgehead atoms. The van der Waals surface area contributed by atoms with Crippen LogP contribution in [0.4, 0.5) is 5.82 Å². The van der Waals surface area contributed by atoms with E-state index in [1.807, 2.05) is 49.7 Å². The van der Waals surface area contributed by atoms with E-state index in [4.69, 9.17) is 16.0 Å². The number of hydrogen-bond acceptors (Lipinski definition) is 5. The summed E-state index contributed by atoms with van der Waals surface area (Å²) in [5.41, 5.74) is 1.56. The molecule has 0 saturated carbocycles. The summed E-state index contributed by atoms with van der Waals surface area (Å²) in [6.45, 7) is 7.67. The first-order valence-electron chi connectivity index (χ1n) is 10.1. The van der Waals surface area contributed by atoms with Crippen LogP contribution in [0.1, 0.15) is 51.5 Å². The quantitative estimate of drug-likeness (QED) is 0.665. The molecule has 1 saturated heterocycles. The number of nitrogens with zero attached hydrogens (tertiary/aromatic N) is 4. The van der Waals surface area contributed by atoms with Crippen molar-refractivity contribution >= 4 is 34.4 Å². The highest BCUT2D eigenvalue weighted by molar-refractivity contribution is 6.31. The molecule has 1 amide bonds. The minimum atomic E-state index is -0.214. The fraction of sp³-hybridized carbons (Fsp3) is 0.476. The Labute approximate surface area is 175 Å². The lowest BCUT2D eigenvalue weighted by Crippen LogP contribution is -2.46. The van der Waals surface area contributed by atoms with E-state index in [9.17, 15) is 4.79 Å². The van der Waals surface area contributed by atoms with Crippen LogP contribution in [-0.4, -0.2) is 44.7 Å². The number of aromatic nitrogens is 3. The van der Waals surface area contributed by atoms with E-state index in [1.165, 1.54) is 0 Å². The van der Waals surface area contributed by atoms with E-state index in [0.717, 1.165) is 48.7 Å². The van der Waals surface area contributed by atoms with Gasteiger partial charge in [0.25, 0.3) is 0 Å². The summed E-state index contributed by atoms with van der Waals surface area (Å²) in [7, 11) is 0. The maximum Gasteiger partial charge on any atom is 0.242 e. The molecular formula is C21H26ClN5O2. The largest absolute Gasteiger partial charge is 0.440 e. The number of hydrogen-bond donors (Lipinski definition) is 1. The lowest BCUT2D eigenvalue weighted by atomic mass is 9.95. The molecule has 1 aliphatic heterocycles. The van der Waals surface area contributed by atoms with Gasteiger partial charge in [0.05, 0.1) is 12.2 Å². The van der Waals surface area contributed by atoms with Gasteiger partial charge in [-0.3, -0.25) is 9.69 Å². The van der Waals surface area contributed by atoms with Gasteiger partial charge in [-0.25, -0.2) is 9.67 Å². The molecular weight excluding hydrogens is 390 g/mol. The fourth-order valence-electron chi connectivity index (χ4n) is 3.85.